The molecule has 0 atom stereocenters. The summed E-state index contributed by atoms with van der Waals surface area (Å²) in [5.41, 5.74) is 0.506. The number of nitrogens with zero attached hydrogens (tertiary/aromatic N) is 3. The molecule has 0 saturated carbocycles. The van der Waals surface area contributed by atoms with Crippen molar-refractivity contribution in [2.24, 2.45) is 0 Å². The van der Waals surface area contributed by atoms with Gasteiger partial charge >= 0.3 is 6.18 Å². The average Bonchev–Trinajstić information content (AvgIpc) is 2.76. The number of rotatable bonds is 1. The lowest BCUT2D eigenvalue weighted by Gasteiger charge is -2.19. The first kappa shape index (κ1) is 12.7. The largest absolute Gasteiger partial charge is 0.416 e. The van der Waals surface area contributed by atoms with Crippen LogP contribution in [0.3, 0.4) is 0 Å². The zero-order valence-corrected chi connectivity index (χ0v) is 10.2. The molecule has 4 nitrogen and oxygen atoms in total. The SMILES string of the molecule is ON1CN(c2ccc(C(F)(F)F)cc2)c2cccnc21. The van der Waals surface area contributed by atoms with Gasteiger partial charge in [0.1, 0.15) is 6.67 Å². The van der Waals surface area contributed by atoms with Crippen LogP contribution < -0.4 is 9.96 Å². The molecule has 2 heterocycles. The van der Waals surface area contributed by atoms with E-state index in [1.807, 2.05) is 0 Å². The van der Waals surface area contributed by atoms with Gasteiger partial charge < -0.3 is 4.90 Å². The number of hydrogen-bond donors (Lipinski definition) is 1. The van der Waals surface area contributed by atoms with Gasteiger partial charge in [-0.15, -0.1) is 0 Å². The average molecular weight is 281 g/mol. The summed E-state index contributed by atoms with van der Waals surface area (Å²) in [4.78, 5) is 5.71. The standard InChI is InChI=1S/C13H10F3N3O/c14-13(15,16)9-3-5-10(6-4-9)18-8-19(20)12-11(18)2-1-7-17-12/h1-7,20H,8H2. The summed E-state index contributed by atoms with van der Waals surface area (Å²) in [6.45, 7) is 0.123. The molecular formula is C13H10F3N3O. The molecule has 0 bridgehead atoms. The van der Waals surface area contributed by atoms with Crippen molar-refractivity contribution in [1.29, 1.82) is 0 Å². The zero-order valence-electron chi connectivity index (χ0n) is 10.2. The first-order valence-electron chi connectivity index (χ1n) is 5.83. The van der Waals surface area contributed by atoms with Crippen LogP contribution in [0, 0.1) is 0 Å². The van der Waals surface area contributed by atoms with E-state index in [9.17, 15) is 18.4 Å². The molecule has 0 saturated heterocycles. The van der Waals surface area contributed by atoms with Gasteiger partial charge in [-0.3, -0.25) is 5.21 Å². The molecule has 2 aromatic rings. The number of anilines is 3. The minimum absolute atomic E-state index is 0.123. The molecular weight excluding hydrogens is 271 g/mol. The fourth-order valence-corrected chi connectivity index (χ4v) is 2.13. The van der Waals surface area contributed by atoms with E-state index in [2.05, 4.69) is 4.98 Å². The van der Waals surface area contributed by atoms with Crippen LogP contribution in [0.5, 0.6) is 0 Å². The Morgan fingerprint density at radius 1 is 1.10 bits per heavy atom. The van der Waals surface area contributed by atoms with E-state index >= 15 is 0 Å². The molecule has 1 aromatic heterocycles. The molecule has 1 N–H and O–H groups in total. The minimum atomic E-state index is -4.36. The number of pyridine rings is 1. The van der Waals surface area contributed by atoms with Gasteiger partial charge in [0.05, 0.1) is 11.3 Å². The smallest absolute Gasteiger partial charge is 0.318 e. The van der Waals surface area contributed by atoms with E-state index in [-0.39, 0.29) is 6.67 Å². The molecule has 7 heteroatoms. The van der Waals surface area contributed by atoms with Gasteiger partial charge in [0.25, 0.3) is 0 Å². The van der Waals surface area contributed by atoms with Crippen molar-refractivity contribution in [3.8, 4) is 0 Å². The molecule has 1 aliphatic heterocycles. The molecule has 1 aliphatic rings. The topological polar surface area (TPSA) is 39.6 Å². The van der Waals surface area contributed by atoms with E-state index < -0.39 is 11.7 Å². The minimum Gasteiger partial charge on any atom is -0.318 e. The molecule has 1 aromatic carbocycles. The van der Waals surface area contributed by atoms with E-state index in [0.717, 1.165) is 17.2 Å². The van der Waals surface area contributed by atoms with Crippen molar-refractivity contribution in [2.75, 3.05) is 16.6 Å². The third-order valence-electron chi connectivity index (χ3n) is 3.08. The molecule has 3 rings (SSSR count). The first-order chi connectivity index (χ1) is 9.47. The van der Waals surface area contributed by atoms with Crippen molar-refractivity contribution < 1.29 is 18.4 Å². The third kappa shape index (κ3) is 2.05. The Labute approximate surface area is 112 Å². The van der Waals surface area contributed by atoms with Gasteiger partial charge in [-0.05, 0) is 36.4 Å². The van der Waals surface area contributed by atoms with Crippen molar-refractivity contribution in [1.82, 2.24) is 4.98 Å². The molecule has 104 valence electrons. The Morgan fingerprint density at radius 3 is 2.45 bits per heavy atom. The second-order valence-electron chi connectivity index (χ2n) is 4.36. The Balaban J connectivity index is 1.95. The van der Waals surface area contributed by atoms with Crippen LogP contribution in [-0.2, 0) is 6.18 Å². The van der Waals surface area contributed by atoms with E-state index in [4.69, 9.17) is 0 Å². The number of fused-ring (bicyclic) bond motifs is 1. The normalized spacial score (nSPS) is 14.6. The van der Waals surface area contributed by atoms with Crippen LogP contribution in [-0.4, -0.2) is 16.9 Å². The molecule has 0 aliphatic carbocycles. The monoisotopic (exact) mass is 281 g/mol. The second-order valence-corrected chi connectivity index (χ2v) is 4.36. The summed E-state index contributed by atoms with van der Waals surface area (Å²) in [5.74, 6) is 0.382. The summed E-state index contributed by atoms with van der Waals surface area (Å²) < 4.78 is 37.6. The van der Waals surface area contributed by atoms with Gasteiger partial charge in [-0.25, -0.2) is 10.0 Å². The Bertz CT molecular complexity index is 628. The summed E-state index contributed by atoms with van der Waals surface area (Å²) in [6.07, 6.45) is -2.82. The van der Waals surface area contributed by atoms with Crippen molar-refractivity contribution >= 4 is 17.2 Å². The van der Waals surface area contributed by atoms with Gasteiger partial charge in [0.2, 0.25) is 0 Å². The summed E-state index contributed by atoms with van der Waals surface area (Å²) >= 11 is 0. The Kier molecular flexibility index (Phi) is 2.79. The fraction of sp³-hybridized carbons (Fsp3) is 0.154. The molecule has 0 spiro atoms. The fourth-order valence-electron chi connectivity index (χ4n) is 2.13. The predicted octanol–water partition coefficient (Wildman–Crippen LogP) is 3.41. The Hall–Kier alpha value is -2.28. The quantitative estimate of drug-likeness (QED) is 0.869. The van der Waals surface area contributed by atoms with Crippen molar-refractivity contribution in [3.63, 3.8) is 0 Å². The van der Waals surface area contributed by atoms with Crippen LogP contribution >= 0.6 is 0 Å². The summed E-state index contributed by atoms with van der Waals surface area (Å²) in [6, 6.07) is 8.24. The lowest BCUT2D eigenvalue weighted by Crippen LogP contribution is -2.24. The van der Waals surface area contributed by atoms with E-state index in [1.54, 1.807) is 17.0 Å². The maximum absolute atomic E-state index is 12.5. The van der Waals surface area contributed by atoms with Crippen LogP contribution in [0.1, 0.15) is 5.56 Å². The van der Waals surface area contributed by atoms with Gasteiger partial charge in [-0.1, -0.05) is 0 Å². The maximum Gasteiger partial charge on any atom is 0.416 e. The van der Waals surface area contributed by atoms with E-state index in [0.29, 0.717) is 17.2 Å². The van der Waals surface area contributed by atoms with Gasteiger partial charge in [0, 0.05) is 11.9 Å². The van der Waals surface area contributed by atoms with Gasteiger partial charge in [0.15, 0.2) is 5.82 Å². The number of alkyl halides is 3. The molecule has 0 radical (unpaired) electrons. The molecule has 0 fully saturated rings. The first-order valence-corrected chi connectivity index (χ1v) is 5.83. The van der Waals surface area contributed by atoms with Crippen LogP contribution in [0.15, 0.2) is 42.6 Å². The van der Waals surface area contributed by atoms with Gasteiger partial charge in [-0.2, -0.15) is 13.2 Å². The lowest BCUT2D eigenvalue weighted by molar-refractivity contribution is -0.137. The highest BCUT2D eigenvalue weighted by atomic mass is 19.4. The van der Waals surface area contributed by atoms with Crippen molar-refractivity contribution in [3.05, 3.63) is 48.2 Å². The highest BCUT2D eigenvalue weighted by Crippen LogP contribution is 2.38. The molecule has 20 heavy (non-hydrogen) atoms. The van der Waals surface area contributed by atoms with Crippen LogP contribution in [0.2, 0.25) is 0 Å². The summed E-state index contributed by atoms with van der Waals surface area (Å²) in [5, 5.41) is 10.7. The number of aromatic nitrogens is 1. The number of hydrogen-bond acceptors (Lipinski definition) is 4. The highest BCUT2D eigenvalue weighted by Gasteiger charge is 2.31. The van der Waals surface area contributed by atoms with Crippen molar-refractivity contribution in [2.45, 2.75) is 6.18 Å². The number of hydroxylamine groups is 1. The predicted molar refractivity (Wildman–Crippen MR) is 67.0 cm³/mol. The summed E-state index contributed by atoms with van der Waals surface area (Å²) in [7, 11) is 0. The second kappa shape index (κ2) is 4.38. The zero-order chi connectivity index (χ0) is 14.3. The molecule has 0 unspecified atom stereocenters. The maximum atomic E-state index is 12.5. The van der Waals surface area contributed by atoms with Crippen LogP contribution in [0.4, 0.5) is 30.4 Å². The van der Waals surface area contributed by atoms with Crippen LogP contribution in [0.25, 0.3) is 0 Å². The highest BCUT2D eigenvalue weighted by molar-refractivity contribution is 5.78. The van der Waals surface area contributed by atoms with E-state index in [1.165, 1.54) is 18.3 Å². The number of halogens is 3. The lowest BCUT2D eigenvalue weighted by atomic mass is 10.2. The number of benzene rings is 1. The molecule has 0 amide bonds. The third-order valence-corrected chi connectivity index (χ3v) is 3.08. The Morgan fingerprint density at radius 2 is 1.80 bits per heavy atom.